The summed E-state index contributed by atoms with van der Waals surface area (Å²) >= 11 is 12.0. The molecule has 0 aromatic heterocycles. The summed E-state index contributed by atoms with van der Waals surface area (Å²) in [6.45, 7) is 5.52. The zero-order chi connectivity index (χ0) is 28.6. The largest absolute Gasteiger partial charge is 0.354 e. The van der Waals surface area contributed by atoms with Crippen molar-refractivity contribution in [1.82, 2.24) is 10.2 Å². The van der Waals surface area contributed by atoms with Gasteiger partial charge in [0.05, 0.1) is 10.6 Å². The minimum atomic E-state index is -4.15. The molecule has 0 saturated carbocycles. The quantitative estimate of drug-likeness (QED) is 0.269. The molecule has 0 radical (unpaired) electrons. The van der Waals surface area contributed by atoms with Gasteiger partial charge < -0.3 is 10.2 Å². The van der Waals surface area contributed by atoms with Crippen molar-refractivity contribution in [3.63, 3.8) is 0 Å². The van der Waals surface area contributed by atoms with Gasteiger partial charge in [-0.3, -0.25) is 13.9 Å². The van der Waals surface area contributed by atoms with Crippen LogP contribution in [0.5, 0.6) is 0 Å². The number of carbonyl (C=O) groups is 2. The predicted octanol–water partition coefficient (Wildman–Crippen LogP) is 5.83. The molecule has 1 atom stereocenters. The lowest BCUT2D eigenvalue weighted by molar-refractivity contribution is -0.139. The van der Waals surface area contributed by atoms with Gasteiger partial charge in [0, 0.05) is 23.1 Å². The molecule has 39 heavy (non-hydrogen) atoms. The van der Waals surface area contributed by atoms with E-state index in [9.17, 15) is 18.0 Å². The van der Waals surface area contributed by atoms with Crippen molar-refractivity contribution in [2.24, 2.45) is 0 Å². The van der Waals surface area contributed by atoms with Gasteiger partial charge in [-0.05, 0) is 73.9 Å². The Kier molecular flexibility index (Phi) is 10.8. The number of amides is 2. The average Bonchev–Trinajstić information content (AvgIpc) is 2.91. The van der Waals surface area contributed by atoms with E-state index in [2.05, 4.69) is 5.32 Å². The van der Waals surface area contributed by atoms with E-state index in [0.29, 0.717) is 27.8 Å². The molecule has 1 N–H and O–H groups in total. The summed E-state index contributed by atoms with van der Waals surface area (Å²) in [5.74, 6) is -0.836. The highest BCUT2D eigenvalue weighted by molar-refractivity contribution is 7.92. The van der Waals surface area contributed by atoms with Crippen molar-refractivity contribution in [3.05, 3.63) is 94.0 Å². The number of aryl methyl sites for hydroxylation is 1. The standard InChI is InChI=1S/C29H33Cl2N3O4S/c1-4-5-18-32-29(36)22(3)33(19-23-10-12-24(30)13-11-23)28(35)20-34(27-9-7-6-8-21(27)2)39(37,38)26-16-14-25(31)15-17-26/h6-17,22H,4-5,18-20H2,1-3H3,(H,32,36)/t22-/m1/s1. The van der Waals surface area contributed by atoms with Gasteiger partial charge in [-0.2, -0.15) is 0 Å². The molecule has 2 amide bonds. The molecular formula is C29H33Cl2N3O4S. The monoisotopic (exact) mass is 589 g/mol. The maximum absolute atomic E-state index is 13.9. The van der Waals surface area contributed by atoms with E-state index in [4.69, 9.17) is 23.2 Å². The van der Waals surface area contributed by atoms with Crippen LogP contribution in [-0.2, 0) is 26.2 Å². The zero-order valence-corrected chi connectivity index (χ0v) is 24.6. The van der Waals surface area contributed by atoms with Crippen LogP contribution in [0, 0.1) is 6.92 Å². The molecule has 7 nitrogen and oxygen atoms in total. The van der Waals surface area contributed by atoms with Crippen LogP contribution in [0.4, 0.5) is 5.69 Å². The lowest BCUT2D eigenvalue weighted by Gasteiger charge is -2.32. The SMILES string of the molecule is CCCCNC(=O)[C@@H](C)N(Cc1ccc(Cl)cc1)C(=O)CN(c1ccccc1C)S(=O)(=O)c1ccc(Cl)cc1. The Morgan fingerprint density at radius 3 is 2.10 bits per heavy atom. The first kappa shape index (κ1) is 30.5. The summed E-state index contributed by atoms with van der Waals surface area (Å²) in [6, 6.07) is 18.8. The number of nitrogens with one attached hydrogen (secondary N) is 1. The number of carbonyl (C=O) groups excluding carboxylic acids is 2. The molecule has 208 valence electrons. The van der Waals surface area contributed by atoms with Gasteiger partial charge in [0.15, 0.2) is 0 Å². The molecule has 3 aromatic carbocycles. The number of hydrogen-bond acceptors (Lipinski definition) is 4. The van der Waals surface area contributed by atoms with E-state index in [1.807, 2.05) is 6.92 Å². The van der Waals surface area contributed by atoms with Crippen molar-refractivity contribution in [2.45, 2.75) is 51.1 Å². The molecule has 0 saturated heterocycles. The number of benzene rings is 3. The molecule has 0 aliphatic heterocycles. The van der Waals surface area contributed by atoms with Crippen LogP contribution in [0.2, 0.25) is 10.0 Å². The van der Waals surface area contributed by atoms with Crippen molar-refractivity contribution >= 4 is 50.7 Å². The second-order valence-corrected chi connectivity index (χ2v) is 12.0. The van der Waals surface area contributed by atoms with Crippen LogP contribution in [-0.4, -0.2) is 44.3 Å². The molecule has 0 spiro atoms. The maximum Gasteiger partial charge on any atom is 0.264 e. The van der Waals surface area contributed by atoms with Crippen molar-refractivity contribution in [3.8, 4) is 0 Å². The van der Waals surface area contributed by atoms with Crippen LogP contribution in [0.3, 0.4) is 0 Å². The van der Waals surface area contributed by atoms with E-state index in [-0.39, 0.29) is 17.3 Å². The minimum absolute atomic E-state index is 0.00226. The van der Waals surface area contributed by atoms with Crippen molar-refractivity contribution < 1.29 is 18.0 Å². The molecule has 0 heterocycles. The lowest BCUT2D eigenvalue weighted by atomic mass is 10.1. The van der Waals surface area contributed by atoms with Gasteiger partial charge in [0.1, 0.15) is 12.6 Å². The third-order valence-corrected chi connectivity index (χ3v) is 8.61. The Bertz CT molecular complexity index is 1380. The highest BCUT2D eigenvalue weighted by atomic mass is 35.5. The predicted molar refractivity (Wildman–Crippen MR) is 157 cm³/mol. The van der Waals surface area contributed by atoms with E-state index >= 15 is 0 Å². The van der Waals surface area contributed by atoms with Crippen LogP contribution in [0.1, 0.15) is 37.8 Å². The van der Waals surface area contributed by atoms with Gasteiger partial charge in [-0.25, -0.2) is 8.42 Å². The molecule has 0 aliphatic carbocycles. The molecule has 0 aliphatic rings. The molecule has 3 rings (SSSR count). The second-order valence-electron chi connectivity index (χ2n) is 9.22. The summed E-state index contributed by atoms with van der Waals surface area (Å²) < 4.78 is 28.8. The van der Waals surface area contributed by atoms with Gasteiger partial charge in [-0.1, -0.05) is 66.9 Å². The van der Waals surface area contributed by atoms with Gasteiger partial charge in [0.2, 0.25) is 11.8 Å². The second kappa shape index (κ2) is 13.8. The van der Waals surface area contributed by atoms with Crippen molar-refractivity contribution in [1.29, 1.82) is 0 Å². The Labute approximate surface area is 240 Å². The highest BCUT2D eigenvalue weighted by Gasteiger charge is 2.33. The third kappa shape index (κ3) is 7.97. The number of para-hydroxylation sites is 1. The Balaban J connectivity index is 2.00. The van der Waals surface area contributed by atoms with E-state index in [1.54, 1.807) is 62.4 Å². The maximum atomic E-state index is 13.9. The fourth-order valence-corrected chi connectivity index (χ4v) is 5.73. The van der Waals surface area contributed by atoms with Gasteiger partial charge in [-0.15, -0.1) is 0 Å². The zero-order valence-electron chi connectivity index (χ0n) is 22.2. The summed E-state index contributed by atoms with van der Waals surface area (Å²) in [6.07, 6.45) is 1.72. The summed E-state index contributed by atoms with van der Waals surface area (Å²) in [5.41, 5.74) is 1.80. The molecule has 0 bridgehead atoms. The summed E-state index contributed by atoms with van der Waals surface area (Å²) in [7, 11) is -4.15. The van der Waals surface area contributed by atoms with Gasteiger partial charge in [0.25, 0.3) is 10.0 Å². The first-order chi connectivity index (χ1) is 18.5. The third-order valence-electron chi connectivity index (χ3n) is 6.33. The smallest absolute Gasteiger partial charge is 0.264 e. The number of sulfonamides is 1. The van der Waals surface area contributed by atoms with Crippen molar-refractivity contribution in [2.75, 3.05) is 17.4 Å². The number of anilines is 1. The van der Waals surface area contributed by atoms with Crippen LogP contribution in [0.25, 0.3) is 0 Å². The van der Waals surface area contributed by atoms with E-state index in [0.717, 1.165) is 22.7 Å². The molecule has 3 aromatic rings. The Morgan fingerprint density at radius 1 is 0.923 bits per heavy atom. The summed E-state index contributed by atoms with van der Waals surface area (Å²) in [4.78, 5) is 28.3. The first-order valence-electron chi connectivity index (χ1n) is 12.7. The lowest BCUT2D eigenvalue weighted by Crippen LogP contribution is -2.51. The fraction of sp³-hybridized carbons (Fsp3) is 0.310. The highest BCUT2D eigenvalue weighted by Crippen LogP contribution is 2.28. The number of unbranched alkanes of at least 4 members (excludes halogenated alkanes) is 1. The number of rotatable bonds is 12. The number of nitrogens with zero attached hydrogens (tertiary/aromatic N) is 2. The average molecular weight is 591 g/mol. The van der Waals surface area contributed by atoms with Crippen LogP contribution < -0.4 is 9.62 Å². The Hall–Kier alpha value is -3.07. The number of hydrogen-bond donors (Lipinski definition) is 1. The normalized spacial score (nSPS) is 12.0. The molecule has 0 fully saturated rings. The topological polar surface area (TPSA) is 86.8 Å². The summed E-state index contributed by atoms with van der Waals surface area (Å²) in [5, 5.41) is 3.81. The molecule has 10 heteroatoms. The van der Waals surface area contributed by atoms with Crippen LogP contribution in [0.15, 0.2) is 77.7 Å². The first-order valence-corrected chi connectivity index (χ1v) is 14.9. The molecule has 0 unspecified atom stereocenters. The minimum Gasteiger partial charge on any atom is -0.354 e. The Morgan fingerprint density at radius 2 is 1.51 bits per heavy atom. The van der Waals surface area contributed by atoms with Gasteiger partial charge >= 0.3 is 0 Å². The van der Waals surface area contributed by atoms with Crippen LogP contribution >= 0.6 is 23.2 Å². The van der Waals surface area contributed by atoms with E-state index in [1.165, 1.54) is 29.2 Å². The van der Waals surface area contributed by atoms with E-state index < -0.39 is 28.5 Å². The molecular weight excluding hydrogens is 557 g/mol. The number of halogens is 2. The fourth-order valence-electron chi connectivity index (χ4n) is 4.00.